The summed E-state index contributed by atoms with van der Waals surface area (Å²) in [6, 6.07) is 14.5. The Labute approximate surface area is 216 Å². The minimum atomic E-state index is -0.463. The van der Waals surface area contributed by atoms with E-state index in [4.69, 9.17) is 19.0 Å². The van der Waals surface area contributed by atoms with Crippen LogP contribution in [-0.2, 0) is 4.74 Å². The van der Waals surface area contributed by atoms with Gasteiger partial charge in [-0.2, -0.15) is 4.98 Å². The third-order valence-corrected chi connectivity index (χ3v) is 7.07. The first-order valence-electron chi connectivity index (χ1n) is 13.2. The van der Waals surface area contributed by atoms with E-state index in [0.29, 0.717) is 30.1 Å². The van der Waals surface area contributed by atoms with Gasteiger partial charge in [0, 0.05) is 29.1 Å². The molecule has 1 amide bonds. The van der Waals surface area contributed by atoms with Gasteiger partial charge in [-0.15, -0.1) is 0 Å². The van der Waals surface area contributed by atoms with Crippen LogP contribution in [0.1, 0.15) is 70.7 Å². The molecule has 0 atom stereocenters. The minimum absolute atomic E-state index is 0.183. The number of aromatic nitrogens is 3. The lowest BCUT2D eigenvalue weighted by Crippen LogP contribution is -2.18. The lowest BCUT2D eigenvalue weighted by atomic mass is 9.92. The highest BCUT2D eigenvalue weighted by Gasteiger charge is 2.33. The summed E-state index contributed by atoms with van der Waals surface area (Å²) in [4.78, 5) is 16.9. The summed E-state index contributed by atoms with van der Waals surface area (Å²) in [6.45, 7) is 6.26. The number of benzene rings is 2. The molecule has 192 valence electrons. The smallest absolute Gasteiger partial charge is 0.411 e. The molecular weight excluding hydrogens is 468 g/mol. The van der Waals surface area contributed by atoms with Crippen molar-refractivity contribution >= 4 is 22.7 Å². The van der Waals surface area contributed by atoms with Gasteiger partial charge < -0.3 is 18.6 Å². The summed E-state index contributed by atoms with van der Waals surface area (Å²) in [6.07, 6.45) is 5.00. The molecule has 0 spiro atoms. The quantitative estimate of drug-likeness (QED) is 0.273. The Morgan fingerprint density at radius 3 is 2.57 bits per heavy atom. The van der Waals surface area contributed by atoms with E-state index in [1.807, 2.05) is 51.1 Å². The van der Waals surface area contributed by atoms with Crippen LogP contribution in [0, 0.1) is 0 Å². The van der Waals surface area contributed by atoms with Crippen LogP contribution >= 0.6 is 0 Å². The van der Waals surface area contributed by atoms with Gasteiger partial charge in [-0.05, 0) is 82.7 Å². The van der Waals surface area contributed by atoms with Gasteiger partial charge in [-0.3, -0.25) is 5.32 Å². The molecular formula is C29H32N4O4. The van der Waals surface area contributed by atoms with Crippen LogP contribution in [0.15, 0.2) is 47.0 Å². The first-order valence-corrected chi connectivity index (χ1v) is 13.2. The molecule has 6 rings (SSSR count). The number of anilines is 1. The Hall–Kier alpha value is -3.81. The van der Waals surface area contributed by atoms with Crippen LogP contribution in [0.2, 0.25) is 0 Å². The Kier molecular flexibility index (Phi) is 6.10. The Balaban J connectivity index is 1.49. The molecule has 2 aromatic carbocycles. The first kappa shape index (κ1) is 23.6. The van der Waals surface area contributed by atoms with Crippen LogP contribution < -0.4 is 10.1 Å². The van der Waals surface area contributed by atoms with E-state index in [9.17, 15) is 4.79 Å². The fraction of sp³-hybridized carbons (Fsp3) is 0.414. The van der Waals surface area contributed by atoms with Crippen molar-refractivity contribution in [3.05, 3.63) is 48.4 Å². The van der Waals surface area contributed by atoms with Gasteiger partial charge in [-0.25, -0.2) is 4.79 Å². The van der Waals surface area contributed by atoms with E-state index in [-0.39, 0.29) is 6.10 Å². The third kappa shape index (κ3) is 4.56. The molecule has 0 unspecified atom stereocenters. The van der Waals surface area contributed by atoms with E-state index < -0.39 is 6.09 Å². The molecule has 0 aliphatic heterocycles. The van der Waals surface area contributed by atoms with Gasteiger partial charge in [0.2, 0.25) is 11.7 Å². The van der Waals surface area contributed by atoms with Gasteiger partial charge in [0.1, 0.15) is 5.75 Å². The molecule has 8 nitrogen and oxygen atoms in total. The van der Waals surface area contributed by atoms with E-state index in [1.165, 1.54) is 6.42 Å². The molecule has 4 aromatic rings. The maximum absolute atomic E-state index is 12.1. The van der Waals surface area contributed by atoms with Crippen LogP contribution in [0.3, 0.4) is 0 Å². The van der Waals surface area contributed by atoms with Crippen molar-refractivity contribution in [1.29, 1.82) is 0 Å². The number of nitrogens with one attached hydrogen (secondary N) is 1. The van der Waals surface area contributed by atoms with Crippen molar-refractivity contribution < 1.29 is 18.8 Å². The molecule has 2 heterocycles. The number of carbonyl (C=O) groups is 1. The maximum atomic E-state index is 12.1. The molecule has 37 heavy (non-hydrogen) atoms. The highest BCUT2D eigenvalue weighted by molar-refractivity contribution is 6.04. The zero-order chi connectivity index (χ0) is 25.5. The normalized spacial score (nSPS) is 15.7. The topological polar surface area (TPSA) is 91.4 Å². The molecule has 1 N–H and O–H groups in total. The molecule has 0 bridgehead atoms. The SMILES string of the molecule is CCOc1ccc2c(-c3noc(C4CC4)n3)c(-c3ccc(NC(=O)OC(C)C)cc3)n(C3CCC3)c2c1. The number of carbonyl (C=O) groups excluding carboxylic acids is 1. The first-order chi connectivity index (χ1) is 18.0. The van der Waals surface area contributed by atoms with E-state index >= 15 is 0 Å². The Morgan fingerprint density at radius 2 is 1.92 bits per heavy atom. The van der Waals surface area contributed by atoms with Crippen molar-refractivity contribution in [2.24, 2.45) is 0 Å². The summed E-state index contributed by atoms with van der Waals surface area (Å²) >= 11 is 0. The summed E-state index contributed by atoms with van der Waals surface area (Å²) in [5, 5.41) is 8.32. The monoisotopic (exact) mass is 500 g/mol. The number of hydrogen-bond donors (Lipinski definition) is 1. The summed E-state index contributed by atoms with van der Waals surface area (Å²) in [5.74, 6) is 2.57. The number of fused-ring (bicyclic) bond motifs is 1. The number of rotatable bonds is 8. The van der Waals surface area contributed by atoms with Crippen molar-refractivity contribution in [3.8, 4) is 28.4 Å². The highest BCUT2D eigenvalue weighted by Crippen LogP contribution is 2.47. The zero-order valence-electron chi connectivity index (χ0n) is 21.5. The number of amides is 1. The zero-order valence-corrected chi connectivity index (χ0v) is 21.5. The van der Waals surface area contributed by atoms with Crippen LogP contribution in [0.4, 0.5) is 10.5 Å². The van der Waals surface area contributed by atoms with E-state index in [2.05, 4.69) is 27.2 Å². The molecule has 2 aliphatic carbocycles. The Bertz CT molecular complexity index is 1430. The van der Waals surface area contributed by atoms with Crippen molar-refractivity contribution in [1.82, 2.24) is 14.7 Å². The molecule has 0 saturated heterocycles. The maximum Gasteiger partial charge on any atom is 0.411 e. The fourth-order valence-electron chi connectivity index (χ4n) is 4.99. The second-order valence-corrected chi connectivity index (χ2v) is 10.2. The fourth-order valence-corrected chi connectivity index (χ4v) is 4.99. The van der Waals surface area contributed by atoms with E-state index in [1.54, 1.807) is 0 Å². The molecule has 2 fully saturated rings. The molecule has 2 saturated carbocycles. The second-order valence-electron chi connectivity index (χ2n) is 10.2. The molecule has 2 aliphatic rings. The van der Waals surface area contributed by atoms with Crippen LogP contribution in [0.5, 0.6) is 5.75 Å². The molecule has 0 radical (unpaired) electrons. The van der Waals surface area contributed by atoms with Gasteiger partial charge in [0.25, 0.3) is 0 Å². The largest absolute Gasteiger partial charge is 0.494 e. The van der Waals surface area contributed by atoms with Gasteiger partial charge in [-0.1, -0.05) is 17.3 Å². The van der Waals surface area contributed by atoms with Crippen LogP contribution in [0.25, 0.3) is 33.5 Å². The number of hydrogen-bond acceptors (Lipinski definition) is 6. The van der Waals surface area contributed by atoms with Gasteiger partial charge in [0.15, 0.2) is 0 Å². The van der Waals surface area contributed by atoms with Crippen molar-refractivity contribution in [2.45, 2.75) is 70.9 Å². The second kappa shape index (κ2) is 9.57. The highest BCUT2D eigenvalue weighted by atomic mass is 16.6. The standard InChI is InChI=1S/C29H32N4O4/c1-4-35-22-14-15-23-24(16-22)33(21-6-5-7-21)26(25(23)27-31-28(37-32-27)19-8-9-19)18-10-12-20(13-11-18)30-29(34)36-17(2)3/h10-17,19,21H,4-9H2,1-3H3,(H,30,34). The summed E-state index contributed by atoms with van der Waals surface area (Å²) in [7, 11) is 0. The predicted octanol–water partition coefficient (Wildman–Crippen LogP) is 7.32. The van der Waals surface area contributed by atoms with Crippen molar-refractivity contribution in [3.63, 3.8) is 0 Å². The van der Waals surface area contributed by atoms with E-state index in [0.717, 1.165) is 65.0 Å². The number of nitrogens with zero attached hydrogens (tertiary/aromatic N) is 3. The third-order valence-electron chi connectivity index (χ3n) is 7.07. The van der Waals surface area contributed by atoms with Crippen LogP contribution in [-0.4, -0.2) is 33.5 Å². The summed E-state index contributed by atoms with van der Waals surface area (Å²) < 4.78 is 19.2. The molecule has 2 aromatic heterocycles. The number of ether oxygens (including phenoxy) is 2. The lowest BCUT2D eigenvalue weighted by molar-refractivity contribution is 0.130. The predicted molar refractivity (Wildman–Crippen MR) is 142 cm³/mol. The minimum Gasteiger partial charge on any atom is -0.494 e. The average molecular weight is 501 g/mol. The summed E-state index contributed by atoms with van der Waals surface area (Å²) in [5.41, 5.74) is 4.85. The van der Waals surface area contributed by atoms with Gasteiger partial charge in [0.05, 0.1) is 29.5 Å². The lowest BCUT2D eigenvalue weighted by Gasteiger charge is -2.30. The Morgan fingerprint density at radius 1 is 1.14 bits per heavy atom. The average Bonchev–Trinajstić information content (AvgIpc) is 3.49. The van der Waals surface area contributed by atoms with Gasteiger partial charge >= 0.3 is 6.09 Å². The van der Waals surface area contributed by atoms with Crippen molar-refractivity contribution in [2.75, 3.05) is 11.9 Å². The molecule has 8 heteroatoms.